The summed E-state index contributed by atoms with van der Waals surface area (Å²) in [4.78, 5) is 20.9. The van der Waals surface area contributed by atoms with Crippen molar-refractivity contribution in [3.8, 4) is 0 Å². The van der Waals surface area contributed by atoms with Gasteiger partial charge in [0, 0.05) is 37.8 Å². The van der Waals surface area contributed by atoms with Gasteiger partial charge >= 0.3 is 0 Å². The van der Waals surface area contributed by atoms with Gasteiger partial charge in [-0.25, -0.2) is 0 Å². The van der Waals surface area contributed by atoms with Crippen molar-refractivity contribution in [2.24, 2.45) is 5.73 Å². The van der Waals surface area contributed by atoms with E-state index in [0.717, 1.165) is 22.3 Å². The van der Waals surface area contributed by atoms with E-state index in [9.17, 15) is 4.79 Å². The predicted molar refractivity (Wildman–Crippen MR) is 101 cm³/mol. The van der Waals surface area contributed by atoms with Gasteiger partial charge in [0.25, 0.3) is 0 Å². The van der Waals surface area contributed by atoms with Crippen LogP contribution in [0.4, 0.5) is 0 Å². The predicted octanol–water partition coefficient (Wildman–Crippen LogP) is 2.50. The minimum absolute atomic E-state index is 0.416. The van der Waals surface area contributed by atoms with Crippen LogP contribution in [0.2, 0.25) is 0 Å². The van der Waals surface area contributed by atoms with Crippen molar-refractivity contribution in [1.29, 1.82) is 0 Å². The largest absolute Gasteiger partial charge is 0.368 e. The van der Waals surface area contributed by atoms with Gasteiger partial charge in [0.05, 0.1) is 0 Å². The molecule has 0 aliphatic heterocycles. The summed E-state index contributed by atoms with van der Waals surface area (Å²) in [6.45, 7) is 2.50. The number of nitrogens with one attached hydrogen (secondary N) is 1. The van der Waals surface area contributed by atoms with Crippen molar-refractivity contribution in [3.63, 3.8) is 0 Å². The van der Waals surface area contributed by atoms with Gasteiger partial charge in [0.1, 0.15) is 5.54 Å². The van der Waals surface area contributed by atoms with Crippen LogP contribution < -0.4 is 11.1 Å². The molecule has 1 amide bonds. The quantitative estimate of drug-likeness (QED) is 0.689. The van der Waals surface area contributed by atoms with Crippen LogP contribution in [-0.4, -0.2) is 15.9 Å². The molecule has 3 aromatic rings. The minimum Gasteiger partial charge on any atom is -0.368 e. The number of aryl methyl sites for hydroxylation is 1. The molecule has 0 bridgehead atoms. The van der Waals surface area contributed by atoms with E-state index in [1.807, 2.05) is 55.5 Å². The molecule has 0 radical (unpaired) electrons. The first kappa shape index (κ1) is 17.8. The lowest BCUT2D eigenvalue weighted by Crippen LogP contribution is -2.54. The average Bonchev–Trinajstić information content (AvgIpc) is 2.66. The molecule has 3 rings (SSSR count). The summed E-state index contributed by atoms with van der Waals surface area (Å²) in [5.74, 6) is -0.416. The molecule has 1 aromatic carbocycles. The maximum absolute atomic E-state index is 12.7. The van der Waals surface area contributed by atoms with E-state index in [0.29, 0.717) is 13.0 Å². The summed E-state index contributed by atoms with van der Waals surface area (Å²) in [5.41, 5.74) is 8.80. The molecule has 2 aromatic heterocycles. The van der Waals surface area contributed by atoms with Gasteiger partial charge in [-0.15, -0.1) is 0 Å². The van der Waals surface area contributed by atoms with Gasteiger partial charge in [0.2, 0.25) is 5.91 Å². The monoisotopic (exact) mass is 346 g/mol. The van der Waals surface area contributed by atoms with Crippen LogP contribution in [0.5, 0.6) is 0 Å². The number of benzene rings is 1. The summed E-state index contributed by atoms with van der Waals surface area (Å²) in [5, 5.41) is 3.41. The number of aromatic nitrogens is 2. The SMILES string of the molecule is Cc1cccc(C(Cc2cccnc2)(NCc2ccncc2)C(N)=O)c1. The molecule has 3 N–H and O–H groups in total. The molecule has 26 heavy (non-hydrogen) atoms. The Kier molecular flexibility index (Phi) is 5.39. The molecule has 0 spiro atoms. The number of nitrogens with zero attached hydrogens (tertiary/aromatic N) is 2. The molecular formula is C21H22N4O. The lowest BCUT2D eigenvalue weighted by atomic mass is 9.82. The molecule has 0 saturated carbocycles. The smallest absolute Gasteiger partial charge is 0.242 e. The number of rotatable bonds is 7. The van der Waals surface area contributed by atoms with Gasteiger partial charge in [0.15, 0.2) is 0 Å². The summed E-state index contributed by atoms with van der Waals surface area (Å²) < 4.78 is 0. The van der Waals surface area contributed by atoms with Crippen molar-refractivity contribution in [3.05, 3.63) is 95.6 Å². The number of primary amides is 1. The minimum atomic E-state index is -1.03. The molecule has 0 aliphatic carbocycles. The molecule has 1 atom stereocenters. The van der Waals surface area contributed by atoms with Gasteiger partial charge < -0.3 is 5.73 Å². The van der Waals surface area contributed by atoms with E-state index in [-0.39, 0.29) is 0 Å². The Labute approximate surface area is 153 Å². The first-order valence-corrected chi connectivity index (χ1v) is 8.50. The lowest BCUT2D eigenvalue weighted by molar-refractivity contribution is -0.125. The maximum atomic E-state index is 12.7. The van der Waals surface area contributed by atoms with E-state index < -0.39 is 11.4 Å². The first-order chi connectivity index (χ1) is 12.6. The van der Waals surface area contributed by atoms with E-state index >= 15 is 0 Å². The zero-order valence-corrected chi connectivity index (χ0v) is 14.7. The number of nitrogens with two attached hydrogens (primary N) is 1. The highest BCUT2D eigenvalue weighted by Gasteiger charge is 2.38. The highest BCUT2D eigenvalue weighted by Crippen LogP contribution is 2.27. The highest BCUT2D eigenvalue weighted by atomic mass is 16.1. The van der Waals surface area contributed by atoms with Crippen LogP contribution in [0.1, 0.15) is 22.3 Å². The number of amides is 1. The third-order valence-electron chi connectivity index (χ3n) is 4.47. The first-order valence-electron chi connectivity index (χ1n) is 8.50. The van der Waals surface area contributed by atoms with Crippen LogP contribution in [0.15, 0.2) is 73.3 Å². The van der Waals surface area contributed by atoms with Crippen LogP contribution >= 0.6 is 0 Å². The van der Waals surface area contributed by atoms with Crippen molar-refractivity contribution in [1.82, 2.24) is 15.3 Å². The zero-order valence-electron chi connectivity index (χ0n) is 14.7. The standard InChI is InChI=1S/C21H22N4O/c1-16-4-2-6-19(12-16)21(20(22)26,13-18-5-3-9-24-14-18)25-15-17-7-10-23-11-8-17/h2-12,14,25H,13,15H2,1H3,(H2,22,26). The van der Waals surface area contributed by atoms with Crippen LogP contribution in [0.25, 0.3) is 0 Å². The Morgan fingerprint density at radius 2 is 1.85 bits per heavy atom. The Balaban J connectivity index is 2.01. The lowest BCUT2D eigenvalue weighted by Gasteiger charge is -2.33. The van der Waals surface area contributed by atoms with Crippen LogP contribution in [0.3, 0.4) is 0 Å². The molecule has 2 heterocycles. The second-order valence-electron chi connectivity index (χ2n) is 6.39. The Morgan fingerprint density at radius 3 is 2.50 bits per heavy atom. The van der Waals surface area contributed by atoms with Crippen LogP contribution in [0, 0.1) is 6.92 Å². The van der Waals surface area contributed by atoms with Crippen molar-refractivity contribution >= 4 is 5.91 Å². The van der Waals surface area contributed by atoms with Crippen molar-refractivity contribution in [2.75, 3.05) is 0 Å². The number of carbonyl (C=O) groups is 1. The number of hydrogen-bond acceptors (Lipinski definition) is 4. The fourth-order valence-electron chi connectivity index (χ4n) is 3.06. The van der Waals surface area contributed by atoms with E-state index in [2.05, 4.69) is 15.3 Å². The fraction of sp³-hybridized carbons (Fsp3) is 0.190. The normalized spacial score (nSPS) is 13.1. The van der Waals surface area contributed by atoms with Crippen molar-refractivity contribution < 1.29 is 4.79 Å². The molecule has 1 unspecified atom stereocenters. The molecule has 0 saturated heterocycles. The summed E-state index contributed by atoms with van der Waals surface area (Å²) in [6.07, 6.45) is 7.37. The molecule has 0 fully saturated rings. The summed E-state index contributed by atoms with van der Waals surface area (Å²) in [7, 11) is 0. The van der Waals surface area contributed by atoms with E-state index in [1.165, 1.54) is 0 Å². The number of pyridine rings is 2. The van der Waals surface area contributed by atoms with Gasteiger partial charge in [-0.2, -0.15) is 0 Å². The van der Waals surface area contributed by atoms with Gasteiger partial charge in [-0.1, -0.05) is 35.9 Å². The maximum Gasteiger partial charge on any atom is 0.242 e. The van der Waals surface area contributed by atoms with Crippen LogP contribution in [-0.2, 0) is 23.3 Å². The average molecular weight is 346 g/mol. The van der Waals surface area contributed by atoms with Gasteiger partial charge in [-0.3, -0.25) is 20.1 Å². The second kappa shape index (κ2) is 7.89. The summed E-state index contributed by atoms with van der Waals surface area (Å²) in [6, 6.07) is 15.5. The van der Waals surface area contributed by atoms with E-state index in [4.69, 9.17) is 5.73 Å². The Bertz CT molecular complexity index is 867. The molecule has 132 valence electrons. The second-order valence-corrected chi connectivity index (χ2v) is 6.39. The number of hydrogen-bond donors (Lipinski definition) is 2. The Hall–Kier alpha value is -3.05. The molecule has 5 heteroatoms. The molecule has 0 aliphatic rings. The van der Waals surface area contributed by atoms with E-state index in [1.54, 1.807) is 24.8 Å². The Morgan fingerprint density at radius 1 is 1.04 bits per heavy atom. The zero-order chi connectivity index (χ0) is 18.4. The highest BCUT2D eigenvalue weighted by molar-refractivity contribution is 5.86. The van der Waals surface area contributed by atoms with Crippen molar-refractivity contribution in [2.45, 2.75) is 25.4 Å². The van der Waals surface area contributed by atoms with Gasteiger partial charge in [-0.05, 0) is 41.8 Å². The topological polar surface area (TPSA) is 80.9 Å². The third-order valence-corrected chi connectivity index (χ3v) is 4.47. The summed E-state index contributed by atoms with van der Waals surface area (Å²) >= 11 is 0. The molecule has 5 nitrogen and oxygen atoms in total. The molecular weight excluding hydrogens is 324 g/mol. The third kappa shape index (κ3) is 3.95. The number of carbonyl (C=O) groups excluding carboxylic acids is 1. The fourth-order valence-corrected chi connectivity index (χ4v) is 3.06.